The van der Waals surface area contributed by atoms with Crippen molar-refractivity contribution in [2.24, 2.45) is 0 Å². The third-order valence-corrected chi connectivity index (χ3v) is 5.95. The molecular weight excluding hydrogens is 427 g/mol. The second-order valence-electron chi connectivity index (χ2n) is 7.85. The lowest BCUT2D eigenvalue weighted by Crippen LogP contribution is -2.23. The fraction of sp³-hybridized carbons (Fsp3) is 0.318. The average Bonchev–Trinajstić information content (AvgIpc) is 3.18. The maximum absolute atomic E-state index is 13.2. The Morgan fingerprint density at radius 2 is 1.84 bits per heavy atom. The molecule has 0 saturated heterocycles. The van der Waals surface area contributed by atoms with E-state index in [4.69, 9.17) is 16.6 Å². The van der Waals surface area contributed by atoms with Crippen LogP contribution in [0.15, 0.2) is 42.5 Å². The minimum atomic E-state index is -4.44. The molecule has 0 amide bonds. The Morgan fingerprint density at radius 1 is 1.03 bits per heavy atom. The predicted molar refractivity (Wildman–Crippen MR) is 114 cm³/mol. The van der Waals surface area contributed by atoms with Crippen LogP contribution in [0.3, 0.4) is 0 Å². The normalized spacial score (nSPS) is 15.6. The van der Waals surface area contributed by atoms with Crippen molar-refractivity contribution in [3.63, 3.8) is 0 Å². The molecule has 1 aliphatic rings. The van der Waals surface area contributed by atoms with Crippen LogP contribution in [0.1, 0.15) is 37.7 Å². The van der Waals surface area contributed by atoms with Crippen LogP contribution in [0.5, 0.6) is 0 Å². The van der Waals surface area contributed by atoms with Crippen molar-refractivity contribution in [1.29, 1.82) is 0 Å². The zero-order valence-electron chi connectivity index (χ0n) is 16.5. The molecule has 5 rings (SSSR count). The maximum atomic E-state index is 13.2. The SMILES string of the molecule is FC(F)(F)c1cccc(-c2nnn3c2nc(NC2CCCCC2)c2cc(Cl)ccc23)c1. The summed E-state index contributed by atoms with van der Waals surface area (Å²) in [5.74, 6) is 0.646. The summed E-state index contributed by atoms with van der Waals surface area (Å²) >= 11 is 6.24. The largest absolute Gasteiger partial charge is 0.416 e. The van der Waals surface area contributed by atoms with Gasteiger partial charge in [0.1, 0.15) is 11.5 Å². The molecule has 0 unspecified atom stereocenters. The molecule has 5 nitrogen and oxygen atoms in total. The van der Waals surface area contributed by atoms with Crippen molar-refractivity contribution in [2.75, 3.05) is 5.32 Å². The van der Waals surface area contributed by atoms with Crippen LogP contribution < -0.4 is 5.32 Å². The lowest BCUT2D eigenvalue weighted by Gasteiger charge is -2.24. The van der Waals surface area contributed by atoms with Crippen LogP contribution in [0.4, 0.5) is 19.0 Å². The monoisotopic (exact) mass is 445 g/mol. The van der Waals surface area contributed by atoms with Crippen molar-refractivity contribution < 1.29 is 13.2 Å². The molecule has 2 aromatic heterocycles. The lowest BCUT2D eigenvalue weighted by molar-refractivity contribution is -0.137. The zero-order chi connectivity index (χ0) is 21.6. The van der Waals surface area contributed by atoms with Gasteiger partial charge in [0.15, 0.2) is 5.65 Å². The molecule has 2 aromatic carbocycles. The van der Waals surface area contributed by atoms with Gasteiger partial charge in [-0.1, -0.05) is 48.2 Å². The minimum Gasteiger partial charge on any atom is -0.367 e. The predicted octanol–water partition coefficient (Wildman–Crippen LogP) is 6.36. The Morgan fingerprint density at radius 3 is 2.61 bits per heavy atom. The van der Waals surface area contributed by atoms with E-state index in [1.807, 2.05) is 12.1 Å². The number of nitrogens with one attached hydrogen (secondary N) is 1. The number of aromatic nitrogens is 4. The highest BCUT2D eigenvalue weighted by Gasteiger charge is 2.31. The molecule has 9 heteroatoms. The highest BCUT2D eigenvalue weighted by atomic mass is 35.5. The maximum Gasteiger partial charge on any atom is 0.416 e. The van der Waals surface area contributed by atoms with E-state index in [1.54, 1.807) is 16.6 Å². The minimum absolute atomic E-state index is 0.291. The van der Waals surface area contributed by atoms with Crippen molar-refractivity contribution in [3.8, 4) is 11.3 Å². The zero-order valence-corrected chi connectivity index (χ0v) is 17.2. The van der Waals surface area contributed by atoms with Gasteiger partial charge >= 0.3 is 6.18 Å². The number of nitrogens with zero attached hydrogens (tertiary/aromatic N) is 4. The van der Waals surface area contributed by atoms with E-state index in [0.717, 1.165) is 48.7 Å². The van der Waals surface area contributed by atoms with Gasteiger partial charge in [-0.15, -0.1) is 5.10 Å². The van der Waals surface area contributed by atoms with E-state index in [9.17, 15) is 13.2 Å². The van der Waals surface area contributed by atoms with E-state index in [-0.39, 0.29) is 0 Å². The van der Waals surface area contributed by atoms with E-state index in [0.29, 0.717) is 33.8 Å². The van der Waals surface area contributed by atoms with Crippen LogP contribution in [0.25, 0.3) is 27.8 Å². The Balaban J connectivity index is 1.68. The molecule has 1 N–H and O–H groups in total. The number of benzene rings is 2. The van der Waals surface area contributed by atoms with Crippen LogP contribution in [0.2, 0.25) is 5.02 Å². The van der Waals surface area contributed by atoms with Gasteiger partial charge in [0.2, 0.25) is 0 Å². The molecule has 1 saturated carbocycles. The van der Waals surface area contributed by atoms with Crippen molar-refractivity contribution in [2.45, 2.75) is 44.3 Å². The second-order valence-corrected chi connectivity index (χ2v) is 8.29. The molecular formula is C22H19ClF3N5. The number of halogens is 4. The van der Waals surface area contributed by atoms with Gasteiger partial charge in [-0.25, -0.2) is 4.98 Å². The summed E-state index contributed by atoms with van der Waals surface area (Å²) in [7, 11) is 0. The summed E-state index contributed by atoms with van der Waals surface area (Å²) in [6, 6.07) is 10.7. The van der Waals surface area contributed by atoms with Crippen molar-refractivity contribution in [1.82, 2.24) is 19.8 Å². The molecule has 2 heterocycles. The summed E-state index contributed by atoms with van der Waals surface area (Å²) in [5.41, 5.74) is 1.01. The summed E-state index contributed by atoms with van der Waals surface area (Å²) in [5, 5.41) is 13.3. The van der Waals surface area contributed by atoms with Crippen LogP contribution in [-0.4, -0.2) is 25.9 Å². The van der Waals surface area contributed by atoms with Gasteiger partial charge in [0.05, 0.1) is 11.1 Å². The van der Waals surface area contributed by atoms with Crippen LogP contribution >= 0.6 is 11.6 Å². The first-order valence-corrected chi connectivity index (χ1v) is 10.6. The highest BCUT2D eigenvalue weighted by Crippen LogP contribution is 2.34. The first-order chi connectivity index (χ1) is 14.9. The number of hydrogen-bond acceptors (Lipinski definition) is 4. The molecule has 0 bridgehead atoms. The molecule has 0 spiro atoms. The van der Waals surface area contributed by atoms with E-state index < -0.39 is 11.7 Å². The number of fused-ring (bicyclic) bond motifs is 3. The van der Waals surface area contributed by atoms with Crippen LogP contribution in [-0.2, 0) is 6.18 Å². The number of alkyl halides is 3. The first-order valence-electron chi connectivity index (χ1n) is 10.2. The van der Waals surface area contributed by atoms with Gasteiger partial charge in [-0.05, 0) is 43.2 Å². The molecule has 31 heavy (non-hydrogen) atoms. The highest BCUT2D eigenvalue weighted by molar-refractivity contribution is 6.31. The molecule has 0 radical (unpaired) electrons. The molecule has 0 atom stereocenters. The third kappa shape index (κ3) is 3.80. The van der Waals surface area contributed by atoms with Gasteiger partial charge < -0.3 is 5.32 Å². The van der Waals surface area contributed by atoms with Gasteiger partial charge in [-0.2, -0.15) is 17.7 Å². The summed E-state index contributed by atoms with van der Waals surface area (Å²) in [6.45, 7) is 0. The molecule has 0 aliphatic heterocycles. The molecule has 4 aromatic rings. The van der Waals surface area contributed by atoms with Crippen molar-refractivity contribution >= 4 is 34.0 Å². The van der Waals surface area contributed by atoms with E-state index >= 15 is 0 Å². The number of hydrogen-bond donors (Lipinski definition) is 1. The number of rotatable bonds is 3. The smallest absolute Gasteiger partial charge is 0.367 e. The van der Waals surface area contributed by atoms with Gasteiger partial charge in [0.25, 0.3) is 0 Å². The van der Waals surface area contributed by atoms with Gasteiger partial charge in [-0.3, -0.25) is 0 Å². The fourth-order valence-corrected chi connectivity index (χ4v) is 4.34. The fourth-order valence-electron chi connectivity index (χ4n) is 4.17. The summed E-state index contributed by atoms with van der Waals surface area (Å²) in [4.78, 5) is 4.75. The molecule has 1 fully saturated rings. The van der Waals surface area contributed by atoms with E-state index in [1.165, 1.54) is 12.5 Å². The Kier molecular flexibility index (Phi) is 4.97. The van der Waals surface area contributed by atoms with Gasteiger partial charge in [0, 0.05) is 22.0 Å². The Bertz CT molecular complexity index is 1260. The lowest BCUT2D eigenvalue weighted by atomic mass is 9.95. The first kappa shape index (κ1) is 20.1. The number of anilines is 1. The van der Waals surface area contributed by atoms with Crippen LogP contribution in [0, 0.1) is 0 Å². The molecule has 160 valence electrons. The Labute approximate surface area is 181 Å². The summed E-state index contributed by atoms with van der Waals surface area (Å²) < 4.78 is 41.2. The second kappa shape index (κ2) is 7.67. The summed E-state index contributed by atoms with van der Waals surface area (Å²) in [6.07, 6.45) is 1.19. The standard InChI is InChI=1S/C22H19ClF3N5/c23-15-9-10-18-17(12-15)20(27-16-7-2-1-3-8-16)28-21-19(29-30-31(18)21)13-5-4-6-14(11-13)22(24,25)26/h4-6,9-12,16H,1-3,7-8H2,(H,27,28). The third-order valence-electron chi connectivity index (χ3n) is 5.72. The van der Waals surface area contributed by atoms with Crippen molar-refractivity contribution in [3.05, 3.63) is 53.1 Å². The topological polar surface area (TPSA) is 55.1 Å². The van der Waals surface area contributed by atoms with E-state index in [2.05, 4.69) is 15.6 Å². The molecule has 1 aliphatic carbocycles. The quantitative estimate of drug-likeness (QED) is 0.398. The Hall–Kier alpha value is -2.87. The average molecular weight is 446 g/mol.